The van der Waals surface area contributed by atoms with E-state index in [9.17, 15) is 13.2 Å². The van der Waals surface area contributed by atoms with Crippen LogP contribution in [0.4, 0.5) is 11.4 Å². The zero-order valence-corrected chi connectivity index (χ0v) is 15.9. The fraction of sp³-hybridized carbons (Fsp3) is 0.294. The van der Waals surface area contributed by atoms with Crippen LogP contribution in [0, 0.1) is 5.41 Å². The number of hydrogen-bond acceptors (Lipinski definition) is 5. The van der Waals surface area contributed by atoms with Gasteiger partial charge >= 0.3 is 0 Å². The maximum Gasteiger partial charge on any atom is 0.261 e. The number of aromatic amines is 1. The molecule has 2 rings (SSSR count). The van der Waals surface area contributed by atoms with Gasteiger partial charge in [-0.1, -0.05) is 0 Å². The molecule has 0 aliphatic carbocycles. The summed E-state index contributed by atoms with van der Waals surface area (Å²) in [5.74, 6) is -0.174. The zero-order chi connectivity index (χ0) is 19.7. The van der Waals surface area contributed by atoms with Gasteiger partial charge in [0.1, 0.15) is 11.4 Å². The van der Waals surface area contributed by atoms with Gasteiger partial charge in [0.05, 0.1) is 4.90 Å². The molecule has 0 bridgehead atoms. The van der Waals surface area contributed by atoms with Crippen molar-refractivity contribution in [3.8, 4) is 0 Å². The number of nitrogens with two attached hydrogens (primary N) is 1. The van der Waals surface area contributed by atoms with E-state index in [0.29, 0.717) is 5.69 Å². The summed E-state index contributed by atoms with van der Waals surface area (Å²) in [5, 5.41) is 10.8. The Kier molecular flexibility index (Phi) is 5.24. The molecular formula is C17H23N5O3S. The van der Waals surface area contributed by atoms with Crippen molar-refractivity contribution < 1.29 is 8.42 Å². The molecule has 0 saturated heterocycles. The number of nitrogens with one attached hydrogen (secondary N) is 3. The number of aromatic nitrogens is 1. The van der Waals surface area contributed by atoms with Crippen molar-refractivity contribution >= 4 is 27.2 Å². The Bertz CT molecular complexity index is 973. The molecule has 8 nitrogen and oxygen atoms in total. The highest BCUT2D eigenvalue weighted by atomic mass is 32.2. The first-order chi connectivity index (χ1) is 11.9. The maximum absolute atomic E-state index is 12.6. The first-order valence-electron chi connectivity index (χ1n) is 7.87. The number of anilines is 2. The van der Waals surface area contributed by atoms with Gasteiger partial charge in [0, 0.05) is 30.2 Å². The second-order valence-corrected chi connectivity index (χ2v) is 8.77. The number of sulfonamides is 1. The Balaban J connectivity index is 2.26. The van der Waals surface area contributed by atoms with Gasteiger partial charge in [0.25, 0.3) is 5.56 Å². The lowest BCUT2D eigenvalue weighted by molar-refractivity contribution is 0.292. The molecule has 1 heterocycles. The van der Waals surface area contributed by atoms with E-state index in [1.165, 1.54) is 47.9 Å². The normalized spacial score (nSPS) is 12.2. The molecule has 2 aromatic rings. The van der Waals surface area contributed by atoms with Crippen LogP contribution in [0.25, 0.3) is 0 Å². The molecule has 0 atom stereocenters. The second kappa shape index (κ2) is 6.93. The third-order valence-electron chi connectivity index (χ3n) is 3.97. The second-order valence-electron chi connectivity index (χ2n) is 6.80. The Hall–Kier alpha value is -2.65. The van der Waals surface area contributed by atoms with E-state index in [1.54, 1.807) is 0 Å². The molecule has 26 heavy (non-hydrogen) atoms. The van der Waals surface area contributed by atoms with E-state index < -0.39 is 21.1 Å². The van der Waals surface area contributed by atoms with Gasteiger partial charge in [-0.25, -0.2) is 8.42 Å². The van der Waals surface area contributed by atoms with E-state index in [4.69, 9.17) is 11.1 Å². The third-order valence-corrected chi connectivity index (χ3v) is 6.11. The Labute approximate surface area is 152 Å². The molecule has 0 fully saturated rings. The topological polar surface area (TPSA) is 132 Å². The minimum atomic E-state index is -3.63. The molecule has 5 N–H and O–H groups in total. The van der Waals surface area contributed by atoms with Crippen LogP contribution in [-0.4, -0.2) is 36.1 Å². The molecule has 0 aliphatic heterocycles. The summed E-state index contributed by atoms with van der Waals surface area (Å²) in [5.41, 5.74) is 5.39. The van der Waals surface area contributed by atoms with Crippen molar-refractivity contribution in [2.24, 2.45) is 0 Å². The largest absolute Gasteiger partial charge is 0.398 e. The first-order valence-corrected chi connectivity index (χ1v) is 9.31. The van der Waals surface area contributed by atoms with Gasteiger partial charge in [0.15, 0.2) is 0 Å². The number of nitrogen functional groups attached to an aromatic ring is 1. The molecule has 0 amide bonds. The van der Waals surface area contributed by atoms with E-state index in [-0.39, 0.29) is 22.0 Å². The van der Waals surface area contributed by atoms with Crippen molar-refractivity contribution in [3.05, 3.63) is 52.4 Å². The van der Waals surface area contributed by atoms with Crippen LogP contribution in [0.1, 0.15) is 26.3 Å². The lowest BCUT2D eigenvalue weighted by atomic mass is 10.1. The summed E-state index contributed by atoms with van der Waals surface area (Å²) < 4.78 is 26.5. The lowest BCUT2D eigenvalue weighted by Gasteiger charge is -2.30. The fourth-order valence-corrected chi connectivity index (χ4v) is 3.70. The lowest BCUT2D eigenvalue weighted by Crippen LogP contribution is -2.42. The number of rotatable bonds is 4. The van der Waals surface area contributed by atoms with Crippen LogP contribution in [-0.2, 0) is 10.0 Å². The van der Waals surface area contributed by atoms with Crippen molar-refractivity contribution in [3.63, 3.8) is 0 Å². The first kappa shape index (κ1) is 19.7. The van der Waals surface area contributed by atoms with E-state index >= 15 is 0 Å². The number of pyridine rings is 1. The molecule has 1 aromatic carbocycles. The quantitative estimate of drug-likeness (QED) is 0.476. The summed E-state index contributed by atoms with van der Waals surface area (Å²) in [7, 11) is -2.10. The van der Waals surface area contributed by atoms with Crippen LogP contribution >= 0.6 is 0 Å². The van der Waals surface area contributed by atoms with Gasteiger partial charge in [-0.2, -0.15) is 4.31 Å². The van der Waals surface area contributed by atoms with E-state index in [1.807, 2.05) is 20.8 Å². The molecule has 0 aliphatic rings. The van der Waals surface area contributed by atoms with Crippen molar-refractivity contribution in [2.75, 3.05) is 18.1 Å². The smallest absolute Gasteiger partial charge is 0.261 e. The van der Waals surface area contributed by atoms with Gasteiger partial charge < -0.3 is 16.0 Å². The SMILES string of the molecule is CN(C(C)(C)C)S(=O)(=O)c1ccc(NC(=N)c2c(N)cc[nH]c2=O)cc1. The summed E-state index contributed by atoms with van der Waals surface area (Å²) in [6.45, 7) is 5.43. The standard InChI is InChI=1S/C17H23N5O3S/c1-17(2,3)22(4)26(24,25)12-7-5-11(6-8-12)21-15(19)14-13(18)9-10-20-16(14)23/h5-10H,1-4H3,(H2,19,21)(H3,18,20,23). The zero-order valence-electron chi connectivity index (χ0n) is 15.1. The van der Waals surface area contributed by atoms with Crippen LogP contribution in [0.5, 0.6) is 0 Å². The summed E-state index contributed by atoms with van der Waals surface area (Å²) in [4.78, 5) is 14.4. The Morgan fingerprint density at radius 3 is 2.27 bits per heavy atom. The van der Waals surface area contributed by atoms with Crippen molar-refractivity contribution in [1.29, 1.82) is 5.41 Å². The highest BCUT2D eigenvalue weighted by molar-refractivity contribution is 7.89. The number of amidine groups is 1. The average Bonchev–Trinajstić information content (AvgIpc) is 2.53. The minimum absolute atomic E-state index is 0.0247. The molecule has 0 spiro atoms. The molecular weight excluding hydrogens is 354 g/mol. The molecule has 140 valence electrons. The molecule has 1 aromatic heterocycles. The van der Waals surface area contributed by atoms with Crippen LogP contribution < -0.4 is 16.6 Å². The number of nitrogens with zero attached hydrogens (tertiary/aromatic N) is 1. The molecule has 0 unspecified atom stereocenters. The van der Waals surface area contributed by atoms with Crippen molar-refractivity contribution in [2.45, 2.75) is 31.2 Å². The van der Waals surface area contributed by atoms with Crippen molar-refractivity contribution in [1.82, 2.24) is 9.29 Å². The number of benzene rings is 1. The predicted octanol–water partition coefficient (Wildman–Crippen LogP) is 1.81. The summed E-state index contributed by atoms with van der Waals surface area (Å²) in [6.07, 6.45) is 1.40. The van der Waals surface area contributed by atoms with Crippen LogP contribution in [0.2, 0.25) is 0 Å². The third kappa shape index (κ3) is 3.94. The number of H-pyrrole nitrogens is 1. The molecule has 0 saturated carbocycles. The molecule has 9 heteroatoms. The summed E-state index contributed by atoms with van der Waals surface area (Å²) >= 11 is 0. The van der Waals surface area contributed by atoms with Gasteiger partial charge in [-0.15, -0.1) is 0 Å². The van der Waals surface area contributed by atoms with E-state index in [2.05, 4.69) is 10.3 Å². The average molecular weight is 377 g/mol. The molecule has 0 radical (unpaired) electrons. The van der Waals surface area contributed by atoms with Gasteiger partial charge in [-0.05, 0) is 51.1 Å². The predicted molar refractivity (Wildman–Crippen MR) is 103 cm³/mol. The van der Waals surface area contributed by atoms with Gasteiger partial charge in [-0.3, -0.25) is 10.2 Å². The highest BCUT2D eigenvalue weighted by Crippen LogP contribution is 2.23. The fourth-order valence-electron chi connectivity index (χ4n) is 2.19. The summed E-state index contributed by atoms with van der Waals surface area (Å²) in [6, 6.07) is 7.46. The monoisotopic (exact) mass is 377 g/mol. The highest BCUT2D eigenvalue weighted by Gasteiger charge is 2.30. The Morgan fingerprint density at radius 1 is 1.19 bits per heavy atom. The van der Waals surface area contributed by atoms with Gasteiger partial charge in [0.2, 0.25) is 10.0 Å². The number of hydrogen-bond donors (Lipinski definition) is 4. The Morgan fingerprint density at radius 2 is 1.77 bits per heavy atom. The van der Waals surface area contributed by atoms with E-state index in [0.717, 1.165) is 0 Å². The van der Waals surface area contributed by atoms with Crippen LogP contribution in [0.3, 0.4) is 0 Å². The van der Waals surface area contributed by atoms with Crippen LogP contribution in [0.15, 0.2) is 46.2 Å². The maximum atomic E-state index is 12.6. The minimum Gasteiger partial charge on any atom is -0.398 e.